The largest absolute Gasteiger partial charge is 0.318 e. The third-order valence-corrected chi connectivity index (χ3v) is 5.15. The van der Waals surface area contributed by atoms with Crippen molar-refractivity contribution in [2.75, 3.05) is 0 Å². The van der Waals surface area contributed by atoms with Crippen LogP contribution < -0.4 is 5.43 Å². The van der Waals surface area contributed by atoms with Gasteiger partial charge in [0, 0.05) is 33.2 Å². The molecule has 1 aromatic heterocycles. The van der Waals surface area contributed by atoms with E-state index in [1.165, 1.54) is 0 Å². The second-order valence-electron chi connectivity index (χ2n) is 6.90. The van der Waals surface area contributed by atoms with Crippen LogP contribution in [0.4, 0.5) is 0 Å². The summed E-state index contributed by atoms with van der Waals surface area (Å²) in [5.41, 5.74) is 7.20. The Labute approximate surface area is 174 Å². The van der Waals surface area contributed by atoms with Gasteiger partial charge in [-0.05, 0) is 61.0 Å². The molecule has 0 aliphatic heterocycles. The molecule has 4 rings (SSSR count). The highest BCUT2D eigenvalue weighted by molar-refractivity contribution is 6.30. The van der Waals surface area contributed by atoms with Crippen molar-refractivity contribution >= 4 is 34.5 Å². The number of hydrazone groups is 1. The Bertz CT molecular complexity index is 1240. The Hall–Kier alpha value is -3.37. The minimum atomic E-state index is -0.240. The zero-order valence-corrected chi connectivity index (χ0v) is 16.9. The molecule has 0 unspecified atom stereocenters. The fourth-order valence-electron chi connectivity index (χ4n) is 3.49. The van der Waals surface area contributed by atoms with E-state index in [-0.39, 0.29) is 5.91 Å². The second kappa shape index (κ2) is 7.94. The molecular formula is C24H20ClN3O. The molecule has 0 aliphatic rings. The van der Waals surface area contributed by atoms with Gasteiger partial charge in [-0.25, -0.2) is 5.43 Å². The summed E-state index contributed by atoms with van der Waals surface area (Å²) in [5.74, 6) is -0.240. The van der Waals surface area contributed by atoms with Gasteiger partial charge in [-0.3, -0.25) is 4.79 Å². The van der Waals surface area contributed by atoms with Crippen LogP contribution in [0.2, 0.25) is 5.02 Å². The number of nitrogens with zero attached hydrogens (tertiary/aromatic N) is 2. The SMILES string of the molecule is Cc1cc(/C=N\NC(=O)c2ccc3ccccc3c2)c(C)n1-c1cccc(Cl)c1. The zero-order chi connectivity index (χ0) is 20.4. The molecule has 0 saturated heterocycles. The fraction of sp³-hybridized carbons (Fsp3) is 0.0833. The van der Waals surface area contributed by atoms with Gasteiger partial charge in [-0.15, -0.1) is 0 Å². The van der Waals surface area contributed by atoms with Crippen LogP contribution in [0.25, 0.3) is 16.5 Å². The number of nitrogens with one attached hydrogen (secondary N) is 1. The van der Waals surface area contributed by atoms with Crippen LogP contribution in [0.1, 0.15) is 27.3 Å². The number of rotatable bonds is 4. The van der Waals surface area contributed by atoms with Crippen molar-refractivity contribution in [1.82, 2.24) is 9.99 Å². The Morgan fingerprint density at radius 3 is 2.55 bits per heavy atom. The number of halogens is 1. The van der Waals surface area contributed by atoms with Crippen LogP contribution in [0.15, 0.2) is 77.9 Å². The van der Waals surface area contributed by atoms with Gasteiger partial charge in [0.05, 0.1) is 6.21 Å². The summed E-state index contributed by atoms with van der Waals surface area (Å²) in [7, 11) is 0. The van der Waals surface area contributed by atoms with Crippen molar-refractivity contribution in [3.8, 4) is 5.69 Å². The van der Waals surface area contributed by atoms with Gasteiger partial charge >= 0.3 is 0 Å². The summed E-state index contributed by atoms with van der Waals surface area (Å²) >= 11 is 6.13. The molecule has 0 saturated carbocycles. The number of amides is 1. The van der Waals surface area contributed by atoms with E-state index in [9.17, 15) is 4.79 Å². The van der Waals surface area contributed by atoms with Crippen molar-refractivity contribution in [1.29, 1.82) is 0 Å². The van der Waals surface area contributed by atoms with Gasteiger partial charge in [-0.1, -0.05) is 48.0 Å². The number of carbonyl (C=O) groups is 1. The molecule has 1 heterocycles. The number of benzene rings is 3. The Morgan fingerprint density at radius 1 is 0.966 bits per heavy atom. The van der Waals surface area contributed by atoms with Gasteiger partial charge in [0.1, 0.15) is 0 Å². The van der Waals surface area contributed by atoms with Gasteiger partial charge < -0.3 is 4.57 Å². The number of fused-ring (bicyclic) bond motifs is 1. The maximum atomic E-state index is 12.4. The zero-order valence-electron chi connectivity index (χ0n) is 16.2. The lowest BCUT2D eigenvalue weighted by molar-refractivity contribution is 0.0955. The molecule has 144 valence electrons. The van der Waals surface area contributed by atoms with Gasteiger partial charge in [0.25, 0.3) is 5.91 Å². The lowest BCUT2D eigenvalue weighted by Gasteiger charge is -2.09. The molecule has 0 fully saturated rings. The third-order valence-electron chi connectivity index (χ3n) is 4.92. The first-order chi connectivity index (χ1) is 14.0. The summed E-state index contributed by atoms with van der Waals surface area (Å²) in [4.78, 5) is 12.4. The number of hydrogen-bond donors (Lipinski definition) is 1. The molecule has 29 heavy (non-hydrogen) atoms. The lowest BCUT2D eigenvalue weighted by Crippen LogP contribution is -2.17. The fourth-order valence-corrected chi connectivity index (χ4v) is 3.67. The maximum absolute atomic E-state index is 12.4. The molecule has 0 atom stereocenters. The summed E-state index contributed by atoms with van der Waals surface area (Å²) in [6, 6.07) is 23.3. The Balaban J connectivity index is 1.53. The van der Waals surface area contributed by atoms with E-state index in [0.29, 0.717) is 10.6 Å². The number of aryl methyl sites for hydroxylation is 1. The highest BCUT2D eigenvalue weighted by Gasteiger charge is 2.10. The first kappa shape index (κ1) is 19.0. The summed E-state index contributed by atoms with van der Waals surface area (Å²) < 4.78 is 2.11. The highest BCUT2D eigenvalue weighted by atomic mass is 35.5. The van der Waals surface area contributed by atoms with Crippen LogP contribution in [-0.4, -0.2) is 16.7 Å². The molecule has 0 bridgehead atoms. The van der Waals surface area contributed by atoms with E-state index < -0.39 is 0 Å². The first-order valence-corrected chi connectivity index (χ1v) is 9.68. The van der Waals surface area contributed by atoms with E-state index >= 15 is 0 Å². The molecule has 4 nitrogen and oxygen atoms in total. The van der Waals surface area contributed by atoms with Crippen LogP contribution >= 0.6 is 11.6 Å². The van der Waals surface area contributed by atoms with E-state index in [1.807, 2.05) is 80.6 Å². The average molecular weight is 402 g/mol. The van der Waals surface area contributed by atoms with E-state index in [0.717, 1.165) is 33.4 Å². The van der Waals surface area contributed by atoms with Crippen molar-refractivity contribution in [2.24, 2.45) is 5.10 Å². The first-order valence-electron chi connectivity index (χ1n) is 9.30. The van der Waals surface area contributed by atoms with Crippen molar-refractivity contribution < 1.29 is 4.79 Å². The molecule has 4 aromatic rings. The van der Waals surface area contributed by atoms with E-state index in [4.69, 9.17) is 11.6 Å². The van der Waals surface area contributed by atoms with Crippen LogP contribution in [0, 0.1) is 13.8 Å². The van der Waals surface area contributed by atoms with Crippen LogP contribution in [0.5, 0.6) is 0 Å². The highest BCUT2D eigenvalue weighted by Crippen LogP contribution is 2.22. The third kappa shape index (κ3) is 3.93. The van der Waals surface area contributed by atoms with E-state index in [1.54, 1.807) is 12.3 Å². The van der Waals surface area contributed by atoms with Crippen LogP contribution in [-0.2, 0) is 0 Å². The molecule has 1 amide bonds. The van der Waals surface area contributed by atoms with Crippen molar-refractivity contribution in [3.63, 3.8) is 0 Å². The van der Waals surface area contributed by atoms with Crippen LogP contribution in [0.3, 0.4) is 0 Å². The van der Waals surface area contributed by atoms with Crippen molar-refractivity contribution in [2.45, 2.75) is 13.8 Å². The molecule has 0 radical (unpaired) electrons. The van der Waals surface area contributed by atoms with Gasteiger partial charge in [0.15, 0.2) is 0 Å². The summed E-state index contributed by atoms with van der Waals surface area (Å²) in [5, 5.41) is 6.97. The molecule has 0 spiro atoms. The normalized spacial score (nSPS) is 11.3. The minimum Gasteiger partial charge on any atom is -0.318 e. The summed E-state index contributed by atoms with van der Waals surface area (Å²) in [6.07, 6.45) is 1.67. The van der Waals surface area contributed by atoms with Gasteiger partial charge in [0.2, 0.25) is 0 Å². The number of hydrogen-bond acceptors (Lipinski definition) is 2. The lowest BCUT2D eigenvalue weighted by atomic mass is 10.1. The molecular weight excluding hydrogens is 382 g/mol. The maximum Gasteiger partial charge on any atom is 0.271 e. The predicted octanol–water partition coefficient (Wildman–Crippen LogP) is 5.66. The minimum absolute atomic E-state index is 0.240. The monoisotopic (exact) mass is 401 g/mol. The number of carbonyl (C=O) groups excluding carboxylic acids is 1. The quantitative estimate of drug-likeness (QED) is 0.348. The molecule has 1 N–H and O–H groups in total. The predicted molar refractivity (Wildman–Crippen MR) is 119 cm³/mol. The smallest absolute Gasteiger partial charge is 0.271 e. The number of aromatic nitrogens is 1. The van der Waals surface area contributed by atoms with Gasteiger partial charge in [-0.2, -0.15) is 5.10 Å². The standard InChI is InChI=1S/C24H20ClN3O/c1-16-12-21(17(2)28(16)23-9-5-8-22(25)14-23)15-26-27-24(29)20-11-10-18-6-3-4-7-19(18)13-20/h3-15H,1-2H3,(H,27,29)/b26-15-. The topological polar surface area (TPSA) is 46.4 Å². The molecule has 5 heteroatoms. The second-order valence-corrected chi connectivity index (χ2v) is 7.34. The average Bonchev–Trinajstić information content (AvgIpc) is 3.00. The Kier molecular flexibility index (Phi) is 5.19. The molecule has 3 aromatic carbocycles. The summed E-state index contributed by atoms with van der Waals surface area (Å²) in [6.45, 7) is 4.04. The Morgan fingerprint density at radius 2 is 1.76 bits per heavy atom. The molecule has 0 aliphatic carbocycles. The van der Waals surface area contributed by atoms with Crippen molar-refractivity contribution in [3.05, 3.63) is 100 Å². The van der Waals surface area contributed by atoms with E-state index in [2.05, 4.69) is 15.1 Å².